The fraction of sp³-hybridized carbons (Fsp3) is 0.529. The lowest BCUT2D eigenvalue weighted by molar-refractivity contribution is -0.143. The Balaban J connectivity index is 2.18. The van der Waals surface area contributed by atoms with E-state index in [2.05, 4.69) is 0 Å². The number of hydrogen-bond acceptors (Lipinski definition) is 4. The van der Waals surface area contributed by atoms with Gasteiger partial charge in [0.25, 0.3) is 5.91 Å². The number of aliphatic carboxylic acids is 1. The van der Waals surface area contributed by atoms with Gasteiger partial charge in [-0.3, -0.25) is 4.79 Å². The highest BCUT2D eigenvalue weighted by atomic mass is 32.2. The number of piperidine rings is 1. The molecule has 1 aliphatic heterocycles. The second-order valence-electron chi connectivity index (χ2n) is 6.05. The van der Waals surface area contributed by atoms with Crippen molar-refractivity contribution in [3.05, 3.63) is 29.8 Å². The molecule has 1 heterocycles. The number of sulfone groups is 1. The van der Waals surface area contributed by atoms with Gasteiger partial charge in [0.05, 0.1) is 10.6 Å². The molecule has 1 N–H and O–H groups in total. The van der Waals surface area contributed by atoms with Gasteiger partial charge in [-0.1, -0.05) is 13.3 Å². The molecular formula is C17H23NO5S. The van der Waals surface area contributed by atoms with Crippen LogP contribution < -0.4 is 0 Å². The second kappa shape index (κ2) is 7.79. The molecule has 0 saturated carbocycles. The number of likely N-dealkylation sites (tertiary alicyclic amines) is 1. The first-order valence-electron chi connectivity index (χ1n) is 8.23. The van der Waals surface area contributed by atoms with Crippen molar-refractivity contribution in [3.8, 4) is 0 Å². The predicted molar refractivity (Wildman–Crippen MR) is 89.7 cm³/mol. The number of hydrogen-bond donors (Lipinski definition) is 1. The molecule has 132 valence electrons. The maximum absolute atomic E-state index is 12.6. The maximum atomic E-state index is 12.6. The van der Waals surface area contributed by atoms with E-state index in [4.69, 9.17) is 0 Å². The van der Waals surface area contributed by atoms with Crippen molar-refractivity contribution < 1.29 is 23.1 Å². The van der Waals surface area contributed by atoms with Crippen LogP contribution in [0.25, 0.3) is 0 Å². The Bertz CT molecular complexity index is 696. The number of rotatable bonds is 6. The standard InChI is InChI=1S/C17H23NO5S/c1-2-3-12-24(22,23)14-9-7-13(8-10-14)16(19)18-11-5-4-6-15(18)17(20)21/h7-10,15H,2-6,11-12H2,1H3,(H,20,21)/t15-/m1/s1. The van der Waals surface area contributed by atoms with Gasteiger partial charge < -0.3 is 10.0 Å². The van der Waals surface area contributed by atoms with Crippen LogP contribution in [0, 0.1) is 0 Å². The van der Waals surface area contributed by atoms with E-state index in [0.717, 1.165) is 19.3 Å². The average Bonchev–Trinajstić information content (AvgIpc) is 2.59. The zero-order valence-corrected chi connectivity index (χ0v) is 14.6. The van der Waals surface area contributed by atoms with Crippen molar-refractivity contribution in [3.63, 3.8) is 0 Å². The van der Waals surface area contributed by atoms with Gasteiger partial charge in [-0.15, -0.1) is 0 Å². The van der Waals surface area contributed by atoms with E-state index >= 15 is 0 Å². The second-order valence-corrected chi connectivity index (χ2v) is 8.15. The number of carbonyl (C=O) groups is 2. The molecule has 0 radical (unpaired) electrons. The summed E-state index contributed by atoms with van der Waals surface area (Å²) in [5.74, 6) is -1.27. The van der Waals surface area contributed by atoms with Gasteiger partial charge in [-0.05, 0) is 49.9 Å². The highest BCUT2D eigenvalue weighted by Gasteiger charge is 2.32. The number of carboxylic acids is 1. The summed E-state index contributed by atoms with van der Waals surface area (Å²) in [6.07, 6.45) is 3.40. The van der Waals surface area contributed by atoms with Crippen LogP contribution in [-0.2, 0) is 14.6 Å². The molecular weight excluding hydrogens is 330 g/mol. The number of nitrogens with zero attached hydrogens (tertiary/aromatic N) is 1. The van der Waals surface area contributed by atoms with Gasteiger partial charge in [0, 0.05) is 12.1 Å². The largest absolute Gasteiger partial charge is 0.480 e. The lowest BCUT2D eigenvalue weighted by atomic mass is 10.0. The molecule has 0 spiro atoms. The van der Waals surface area contributed by atoms with Gasteiger partial charge in [-0.2, -0.15) is 0 Å². The average molecular weight is 353 g/mol. The first-order chi connectivity index (χ1) is 11.4. The van der Waals surface area contributed by atoms with Crippen molar-refractivity contribution in [1.82, 2.24) is 4.90 Å². The smallest absolute Gasteiger partial charge is 0.326 e. The first-order valence-corrected chi connectivity index (χ1v) is 9.88. The molecule has 0 bridgehead atoms. The van der Waals surface area contributed by atoms with Crippen molar-refractivity contribution in [2.75, 3.05) is 12.3 Å². The van der Waals surface area contributed by atoms with Crippen LogP contribution in [0.2, 0.25) is 0 Å². The topological polar surface area (TPSA) is 91.8 Å². The minimum atomic E-state index is -3.33. The van der Waals surface area contributed by atoms with E-state index in [-0.39, 0.29) is 16.6 Å². The Morgan fingerprint density at radius 3 is 2.46 bits per heavy atom. The lowest BCUT2D eigenvalue weighted by Crippen LogP contribution is -2.47. The van der Waals surface area contributed by atoms with Crippen LogP contribution >= 0.6 is 0 Å². The molecule has 0 aromatic heterocycles. The Kier molecular flexibility index (Phi) is 5.99. The molecule has 0 aliphatic carbocycles. The minimum Gasteiger partial charge on any atom is -0.480 e. The number of carboxylic acid groups (broad SMARTS) is 1. The Morgan fingerprint density at radius 2 is 1.88 bits per heavy atom. The molecule has 7 heteroatoms. The number of amides is 1. The van der Waals surface area contributed by atoms with E-state index < -0.39 is 21.8 Å². The van der Waals surface area contributed by atoms with Crippen LogP contribution in [0.5, 0.6) is 0 Å². The zero-order chi connectivity index (χ0) is 17.7. The Morgan fingerprint density at radius 1 is 1.21 bits per heavy atom. The fourth-order valence-electron chi connectivity index (χ4n) is 2.85. The molecule has 0 unspecified atom stereocenters. The molecule has 1 atom stereocenters. The lowest BCUT2D eigenvalue weighted by Gasteiger charge is -2.33. The summed E-state index contributed by atoms with van der Waals surface area (Å²) in [5.41, 5.74) is 0.317. The molecule has 1 aromatic carbocycles. The minimum absolute atomic E-state index is 0.0873. The quantitative estimate of drug-likeness (QED) is 0.847. The number of carbonyl (C=O) groups excluding carboxylic acids is 1. The van der Waals surface area contributed by atoms with E-state index in [9.17, 15) is 23.1 Å². The van der Waals surface area contributed by atoms with E-state index in [1.165, 1.54) is 29.2 Å². The van der Waals surface area contributed by atoms with Crippen molar-refractivity contribution >= 4 is 21.7 Å². The summed E-state index contributed by atoms with van der Waals surface area (Å²) >= 11 is 0. The fourth-order valence-corrected chi connectivity index (χ4v) is 4.31. The third-order valence-electron chi connectivity index (χ3n) is 4.28. The van der Waals surface area contributed by atoms with Gasteiger partial charge in [0.1, 0.15) is 6.04 Å². The summed E-state index contributed by atoms with van der Waals surface area (Å²) < 4.78 is 24.3. The van der Waals surface area contributed by atoms with E-state index in [0.29, 0.717) is 24.9 Å². The number of benzene rings is 1. The van der Waals surface area contributed by atoms with Gasteiger partial charge >= 0.3 is 5.97 Å². The highest BCUT2D eigenvalue weighted by molar-refractivity contribution is 7.91. The predicted octanol–water partition coefficient (Wildman–Crippen LogP) is 2.34. The summed E-state index contributed by atoms with van der Waals surface area (Å²) in [6.45, 7) is 2.33. The molecule has 1 saturated heterocycles. The van der Waals surface area contributed by atoms with Gasteiger partial charge in [-0.25, -0.2) is 13.2 Å². The molecule has 1 amide bonds. The SMILES string of the molecule is CCCCS(=O)(=O)c1ccc(C(=O)N2CCCC[C@@H]2C(=O)O)cc1. The summed E-state index contributed by atoms with van der Waals surface area (Å²) in [6, 6.07) is 4.98. The van der Waals surface area contributed by atoms with Crippen molar-refractivity contribution in [2.24, 2.45) is 0 Å². The normalized spacial score (nSPS) is 18.4. The third kappa shape index (κ3) is 4.14. The monoisotopic (exact) mass is 353 g/mol. The van der Waals surface area contributed by atoms with Gasteiger partial charge in [0.15, 0.2) is 9.84 Å². The number of unbranched alkanes of at least 4 members (excludes halogenated alkanes) is 1. The van der Waals surface area contributed by atoms with E-state index in [1.54, 1.807) is 0 Å². The molecule has 1 aromatic rings. The Labute approximate surface area is 142 Å². The van der Waals surface area contributed by atoms with Gasteiger partial charge in [0.2, 0.25) is 0 Å². The summed E-state index contributed by atoms with van der Waals surface area (Å²) in [7, 11) is -3.33. The molecule has 6 nitrogen and oxygen atoms in total. The van der Waals surface area contributed by atoms with Crippen LogP contribution in [0.4, 0.5) is 0 Å². The maximum Gasteiger partial charge on any atom is 0.326 e. The van der Waals surface area contributed by atoms with Crippen LogP contribution in [0.15, 0.2) is 29.2 Å². The van der Waals surface area contributed by atoms with E-state index in [1.807, 2.05) is 6.92 Å². The summed E-state index contributed by atoms with van der Waals surface area (Å²) in [5, 5.41) is 9.26. The Hall–Kier alpha value is -1.89. The molecule has 24 heavy (non-hydrogen) atoms. The first kappa shape index (κ1) is 18.4. The zero-order valence-electron chi connectivity index (χ0n) is 13.8. The van der Waals surface area contributed by atoms with Crippen molar-refractivity contribution in [2.45, 2.75) is 50.0 Å². The van der Waals surface area contributed by atoms with Crippen LogP contribution in [-0.4, -0.2) is 48.6 Å². The highest BCUT2D eigenvalue weighted by Crippen LogP contribution is 2.21. The van der Waals surface area contributed by atoms with Crippen LogP contribution in [0.3, 0.4) is 0 Å². The summed E-state index contributed by atoms with van der Waals surface area (Å²) in [4.78, 5) is 25.4. The molecule has 1 fully saturated rings. The molecule has 1 aliphatic rings. The van der Waals surface area contributed by atoms with Crippen molar-refractivity contribution in [1.29, 1.82) is 0 Å². The van der Waals surface area contributed by atoms with Crippen LogP contribution in [0.1, 0.15) is 49.4 Å². The third-order valence-corrected chi connectivity index (χ3v) is 6.09. The molecule has 2 rings (SSSR count).